The van der Waals surface area contributed by atoms with Crippen molar-refractivity contribution < 1.29 is 19.1 Å². The van der Waals surface area contributed by atoms with Crippen LogP contribution in [0.4, 0.5) is 4.79 Å². The molecular formula is C18H25N3O4. The van der Waals surface area contributed by atoms with Crippen molar-refractivity contribution in [2.75, 3.05) is 27.3 Å². The molecule has 7 heteroatoms. The van der Waals surface area contributed by atoms with Crippen LogP contribution in [0.1, 0.15) is 24.8 Å². The van der Waals surface area contributed by atoms with Crippen LogP contribution in [0, 0.1) is 0 Å². The lowest BCUT2D eigenvalue weighted by Gasteiger charge is -2.35. The third kappa shape index (κ3) is 5.14. The van der Waals surface area contributed by atoms with E-state index in [9.17, 15) is 9.59 Å². The van der Waals surface area contributed by atoms with Gasteiger partial charge < -0.3 is 25.4 Å². The lowest BCUT2D eigenvalue weighted by molar-refractivity contribution is -0.129. The molecule has 0 saturated carbocycles. The van der Waals surface area contributed by atoms with E-state index in [-0.39, 0.29) is 11.9 Å². The Labute approximate surface area is 147 Å². The molecule has 2 rings (SSSR count). The van der Waals surface area contributed by atoms with Crippen LogP contribution < -0.4 is 20.5 Å². The molecule has 1 aromatic carbocycles. The first-order valence-electron chi connectivity index (χ1n) is 8.29. The Hall–Kier alpha value is -2.70. The number of rotatable bonds is 6. The Morgan fingerprint density at radius 1 is 1.28 bits per heavy atom. The maximum atomic E-state index is 12.5. The van der Waals surface area contributed by atoms with E-state index in [1.54, 1.807) is 37.3 Å². The number of amides is 3. The Balaban J connectivity index is 2.06. The molecule has 3 amide bonds. The first-order valence-corrected chi connectivity index (χ1v) is 8.29. The summed E-state index contributed by atoms with van der Waals surface area (Å²) in [5, 5.41) is 2.59. The molecule has 0 aliphatic carbocycles. The van der Waals surface area contributed by atoms with E-state index in [2.05, 4.69) is 5.32 Å². The summed E-state index contributed by atoms with van der Waals surface area (Å²) in [4.78, 5) is 25.2. The number of hydrogen-bond acceptors (Lipinski definition) is 4. The smallest absolute Gasteiger partial charge is 0.312 e. The second-order valence-corrected chi connectivity index (χ2v) is 5.87. The van der Waals surface area contributed by atoms with Crippen LogP contribution in [-0.4, -0.2) is 50.2 Å². The summed E-state index contributed by atoms with van der Waals surface area (Å²) in [5.74, 6) is 1.17. The van der Waals surface area contributed by atoms with Crippen LogP contribution in [-0.2, 0) is 4.79 Å². The van der Waals surface area contributed by atoms with Gasteiger partial charge >= 0.3 is 6.03 Å². The zero-order valence-electron chi connectivity index (χ0n) is 14.7. The molecule has 3 N–H and O–H groups in total. The molecule has 1 atom stereocenters. The van der Waals surface area contributed by atoms with E-state index >= 15 is 0 Å². The molecule has 25 heavy (non-hydrogen) atoms. The molecule has 1 saturated heterocycles. The number of likely N-dealkylation sites (tertiary alicyclic amines) is 1. The summed E-state index contributed by atoms with van der Waals surface area (Å²) in [6.07, 6.45) is 6.15. The largest absolute Gasteiger partial charge is 0.493 e. The van der Waals surface area contributed by atoms with Gasteiger partial charge in [-0.1, -0.05) is 6.07 Å². The minimum Gasteiger partial charge on any atom is -0.493 e. The number of urea groups is 1. The van der Waals surface area contributed by atoms with Crippen molar-refractivity contribution in [3.05, 3.63) is 29.8 Å². The Morgan fingerprint density at radius 3 is 2.72 bits per heavy atom. The van der Waals surface area contributed by atoms with Gasteiger partial charge in [0.05, 0.1) is 14.2 Å². The van der Waals surface area contributed by atoms with Gasteiger partial charge in [-0.05, 0) is 43.0 Å². The fourth-order valence-electron chi connectivity index (χ4n) is 2.94. The summed E-state index contributed by atoms with van der Waals surface area (Å²) in [7, 11) is 3.15. The normalized spacial score (nSPS) is 17.4. The monoisotopic (exact) mass is 347 g/mol. The van der Waals surface area contributed by atoms with Gasteiger partial charge in [0.25, 0.3) is 0 Å². The number of carbonyl (C=O) groups is 2. The third-order valence-corrected chi connectivity index (χ3v) is 4.25. The second-order valence-electron chi connectivity index (χ2n) is 5.87. The van der Waals surface area contributed by atoms with Crippen molar-refractivity contribution in [2.45, 2.75) is 25.3 Å². The molecular weight excluding hydrogens is 322 g/mol. The van der Waals surface area contributed by atoms with Gasteiger partial charge in [0.15, 0.2) is 11.5 Å². The van der Waals surface area contributed by atoms with Crippen molar-refractivity contribution in [3.8, 4) is 11.5 Å². The predicted molar refractivity (Wildman–Crippen MR) is 95.5 cm³/mol. The molecule has 136 valence electrons. The SMILES string of the molecule is COc1ccc(/C=C\C(=O)N2CCCC[C@H]2CNC(N)=O)cc1OC. The van der Waals surface area contributed by atoms with Crippen LogP contribution in [0.2, 0.25) is 0 Å². The van der Waals surface area contributed by atoms with E-state index < -0.39 is 6.03 Å². The van der Waals surface area contributed by atoms with E-state index in [0.717, 1.165) is 24.8 Å². The lowest BCUT2D eigenvalue weighted by Crippen LogP contribution is -2.49. The van der Waals surface area contributed by atoms with Crippen LogP contribution >= 0.6 is 0 Å². The molecule has 1 aliphatic heterocycles. The van der Waals surface area contributed by atoms with Gasteiger partial charge in [0.2, 0.25) is 5.91 Å². The van der Waals surface area contributed by atoms with Gasteiger partial charge in [-0.2, -0.15) is 0 Å². The van der Waals surface area contributed by atoms with E-state index in [1.165, 1.54) is 0 Å². The van der Waals surface area contributed by atoms with Crippen LogP contribution in [0.15, 0.2) is 24.3 Å². The van der Waals surface area contributed by atoms with Gasteiger partial charge in [0, 0.05) is 25.2 Å². The highest BCUT2D eigenvalue weighted by Gasteiger charge is 2.25. The standard InChI is InChI=1S/C18H25N3O4/c1-24-15-8-6-13(11-16(15)25-2)7-9-17(22)21-10-4-3-5-14(21)12-20-18(19)23/h6-9,11,14H,3-5,10,12H2,1-2H3,(H3,19,20,23)/b9-7-/t14-/m0/s1. The number of methoxy groups -OCH3 is 2. The average Bonchev–Trinajstić information content (AvgIpc) is 2.64. The number of hydrogen-bond donors (Lipinski definition) is 2. The molecule has 0 aromatic heterocycles. The summed E-state index contributed by atoms with van der Waals surface area (Å²) in [5.41, 5.74) is 5.97. The number of benzene rings is 1. The number of nitrogens with zero attached hydrogens (tertiary/aromatic N) is 1. The molecule has 1 aromatic rings. The van der Waals surface area contributed by atoms with Crippen LogP contribution in [0.25, 0.3) is 6.08 Å². The number of nitrogens with one attached hydrogen (secondary N) is 1. The highest BCUT2D eigenvalue weighted by Crippen LogP contribution is 2.28. The summed E-state index contributed by atoms with van der Waals surface area (Å²) >= 11 is 0. The van der Waals surface area contributed by atoms with E-state index in [4.69, 9.17) is 15.2 Å². The molecule has 1 heterocycles. The first kappa shape index (κ1) is 18.6. The highest BCUT2D eigenvalue weighted by atomic mass is 16.5. The number of piperidine rings is 1. The molecule has 0 bridgehead atoms. The first-order chi connectivity index (χ1) is 12.0. The summed E-state index contributed by atoms with van der Waals surface area (Å²) in [6, 6.07) is 4.87. The lowest BCUT2D eigenvalue weighted by atomic mass is 10.0. The molecule has 7 nitrogen and oxygen atoms in total. The zero-order valence-corrected chi connectivity index (χ0v) is 14.7. The van der Waals surface area contributed by atoms with Crippen LogP contribution in [0.3, 0.4) is 0 Å². The van der Waals surface area contributed by atoms with Crippen molar-refractivity contribution in [1.82, 2.24) is 10.2 Å². The van der Waals surface area contributed by atoms with Crippen molar-refractivity contribution in [2.24, 2.45) is 5.73 Å². The fraction of sp³-hybridized carbons (Fsp3) is 0.444. The third-order valence-electron chi connectivity index (χ3n) is 4.25. The number of carbonyl (C=O) groups excluding carboxylic acids is 2. The summed E-state index contributed by atoms with van der Waals surface area (Å²) < 4.78 is 10.5. The fourth-order valence-corrected chi connectivity index (χ4v) is 2.94. The molecule has 0 radical (unpaired) electrons. The minimum atomic E-state index is -0.571. The quantitative estimate of drug-likeness (QED) is 0.767. The van der Waals surface area contributed by atoms with Gasteiger partial charge in [-0.15, -0.1) is 0 Å². The number of primary amides is 1. The van der Waals surface area contributed by atoms with Crippen LogP contribution in [0.5, 0.6) is 11.5 Å². The van der Waals surface area contributed by atoms with Crippen molar-refractivity contribution >= 4 is 18.0 Å². The van der Waals surface area contributed by atoms with Gasteiger partial charge in [-0.3, -0.25) is 4.79 Å². The molecule has 0 unspecified atom stereocenters. The van der Waals surface area contributed by atoms with Gasteiger partial charge in [0.1, 0.15) is 0 Å². The maximum absolute atomic E-state index is 12.5. The molecule has 1 aliphatic rings. The summed E-state index contributed by atoms with van der Waals surface area (Å²) in [6.45, 7) is 1.06. The van der Waals surface area contributed by atoms with Crippen molar-refractivity contribution in [3.63, 3.8) is 0 Å². The van der Waals surface area contributed by atoms with E-state index in [0.29, 0.717) is 24.6 Å². The average molecular weight is 347 g/mol. The highest BCUT2D eigenvalue weighted by molar-refractivity contribution is 5.92. The Bertz CT molecular complexity index is 645. The molecule has 0 spiro atoms. The Morgan fingerprint density at radius 2 is 2.04 bits per heavy atom. The zero-order chi connectivity index (χ0) is 18.2. The number of nitrogens with two attached hydrogens (primary N) is 1. The van der Waals surface area contributed by atoms with Crippen molar-refractivity contribution in [1.29, 1.82) is 0 Å². The maximum Gasteiger partial charge on any atom is 0.312 e. The minimum absolute atomic E-state index is 0.0243. The predicted octanol–water partition coefficient (Wildman–Crippen LogP) is 1.77. The topological polar surface area (TPSA) is 93.9 Å². The number of ether oxygens (including phenoxy) is 2. The molecule has 1 fully saturated rings. The Kier molecular flexibility index (Phi) is 6.68. The van der Waals surface area contributed by atoms with E-state index in [1.807, 2.05) is 12.1 Å². The second kappa shape index (κ2) is 8.96. The van der Waals surface area contributed by atoms with Gasteiger partial charge in [-0.25, -0.2) is 4.79 Å².